The Kier molecular flexibility index (Phi) is 6.00. The van der Waals surface area contributed by atoms with Crippen LogP contribution in [0, 0.1) is 0 Å². The number of benzene rings is 2. The molecular weight excluding hydrogens is 308 g/mol. The highest BCUT2D eigenvalue weighted by Gasteiger charge is 2.11. The first-order chi connectivity index (χ1) is 11.1. The number of primary amides is 1. The molecule has 0 radical (unpaired) electrons. The average molecular weight is 326 g/mol. The van der Waals surface area contributed by atoms with Crippen molar-refractivity contribution in [2.24, 2.45) is 5.73 Å². The summed E-state index contributed by atoms with van der Waals surface area (Å²) < 4.78 is 5.49. The molecule has 1 heterocycles. The van der Waals surface area contributed by atoms with E-state index in [1.165, 1.54) is 6.39 Å². The minimum Gasteiger partial charge on any atom is -0.443 e. The Morgan fingerprint density at radius 3 is 2.00 bits per heavy atom. The molecule has 0 aliphatic rings. The van der Waals surface area contributed by atoms with Gasteiger partial charge in [0.2, 0.25) is 5.91 Å². The number of nitrogens with two attached hydrogens (primary N) is 1. The quantitative estimate of drug-likeness (QED) is 0.719. The van der Waals surface area contributed by atoms with E-state index >= 15 is 0 Å². The predicted molar refractivity (Wildman–Crippen MR) is 95.0 cm³/mol. The Morgan fingerprint density at radius 2 is 1.52 bits per heavy atom. The first kappa shape index (κ1) is 16.8. The van der Waals surface area contributed by atoms with Crippen LogP contribution in [0.25, 0.3) is 22.6 Å². The lowest BCUT2D eigenvalue weighted by atomic mass is 10.1. The molecule has 2 aromatic carbocycles. The van der Waals surface area contributed by atoms with Gasteiger partial charge in [-0.3, -0.25) is 4.79 Å². The van der Waals surface area contributed by atoms with Crippen molar-refractivity contribution in [1.29, 1.82) is 0 Å². The second-order valence-corrected chi connectivity index (χ2v) is 5.62. The molecule has 2 N–H and O–H groups in total. The van der Waals surface area contributed by atoms with E-state index in [1.807, 2.05) is 60.7 Å². The molecule has 0 aliphatic carbocycles. The van der Waals surface area contributed by atoms with Crippen molar-refractivity contribution >= 4 is 18.5 Å². The highest BCUT2D eigenvalue weighted by Crippen LogP contribution is 2.30. The normalized spacial score (nSPS) is 11.2. The number of carbonyl (C=O) groups is 1. The molecule has 0 spiro atoms. The fourth-order valence-corrected chi connectivity index (χ4v) is 1.84. The Labute approximate surface area is 140 Å². The van der Waals surface area contributed by atoms with Gasteiger partial charge in [-0.2, -0.15) is 12.6 Å². The van der Waals surface area contributed by atoms with E-state index < -0.39 is 0 Å². The molecule has 0 saturated carbocycles. The number of aromatic nitrogens is 1. The molecule has 5 heteroatoms. The van der Waals surface area contributed by atoms with Crippen LogP contribution in [0.15, 0.2) is 71.5 Å². The van der Waals surface area contributed by atoms with Gasteiger partial charge in [-0.1, -0.05) is 60.7 Å². The number of oxazole rings is 1. The summed E-state index contributed by atoms with van der Waals surface area (Å²) in [5.74, 6) is 0.440. The van der Waals surface area contributed by atoms with Gasteiger partial charge in [0.05, 0.1) is 5.25 Å². The topological polar surface area (TPSA) is 69.1 Å². The highest BCUT2D eigenvalue weighted by molar-refractivity contribution is 7.81. The lowest BCUT2D eigenvalue weighted by Gasteiger charge is -2.00. The van der Waals surface area contributed by atoms with Crippen LogP contribution in [0.2, 0.25) is 0 Å². The van der Waals surface area contributed by atoms with Crippen molar-refractivity contribution in [2.75, 3.05) is 0 Å². The van der Waals surface area contributed by atoms with Gasteiger partial charge in [0, 0.05) is 11.1 Å². The van der Waals surface area contributed by atoms with Gasteiger partial charge in [0.25, 0.3) is 0 Å². The molecule has 3 rings (SSSR count). The lowest BCUT2D eigenvalue weighted by Crippen LogP contribution is -2.20. The summed E-state index contributed by atoms with van der Waals surface area (Å²) in [6, 6.07) is 20.1. The zero-order valence-electron chi connectivity index (χ0n) is 12.7. The van der Waals surface area contributed by atoms with Crippen LogP contribution in [0.1, 0.15) is 6.92 Å². The maximum Gasteiger partial charge on any atom is 0.229 e. The van der Waals surface area contributed by atoms with E-state index in [9.17, 15) is 4.79 Å². The van der Waals surface area contributed by atoms with Crippen LogP contribution in [-0.2, 0) is 4.79 Å². The third-order valence-electron chi connectivity index (χ3n) is 3.06. The number of nitrogens with zero attached hydrogens (tertiary/aromatic N) is 1. The van der Waals surface area contributed by atoms with E-state index in [0.717, 1.165) is 22.6 Å². The van der Waals surface area contributed by atoms with Gasteiger partial charge >= 0.3 is 0 Å². The summed E-state index contributed by atoms with van der Waals surface area (Å²) in [5.41, 5.74) is 7.72. The first-order valence-corrected chi connectivity index (χ1v) is 7.63. The lowest BCUT2D eigenvalue weighted by molar-refractivity contribution is -0.117. The van der Waals surface area contributed by atoms with Crippen molar-refractivity contribution in [3.63, 3.8) is 0 Å². The predicted octanol–water partition coefficient (Wildman–Crippen LogP) is 3.80. The maximum absolute atomic E-state index is 9.84. The molecule has 1 aromatic heterocycles. The molecule has 0 fully saturated rings. The van der Waals surface area contributed by atoms with E-state index in [-0.39, 0.29) is 11.2 Å². The number of thiol groups is 1. The molecule has 23 heavy (non-hydrogen) atoms. The minimum absolute atomic E-state index is 0.315. The Morgan fingerprint density at radius 1 is 1.04 bits per heavy atom. The Balaban J connectivity index is 0.000000277. The smallest absolute Gasteiger partial charge is 0.229 e. The molecule has 1 atom stereocenters. The number of hydrogen-bond acceptors (Lipinski definition) is 4. The van der Waals surface area contributed by atoms with Crippen LogP contribution < -0.4 is 5.73 Å². The molecule has 0 bridgehead atoms. The molecule has 0 saturated heterocycles. The number of amides is 1. The summed E-state index contributed by atoms with van der Waals surface area (Å²) >= 11 is 3.72. The summed E-state index contributed by atoms with van der Waals surface area (Å²) in [7, 11) is 0. The Hall–Kier alpha value is -2.53. The third kappa shape index (κ3) is 4.72. The van der Waals surface area contributed by atoms with Gasteiger partial charge < -0.3 is 10.2 Å². The Bertz CT molecular complexity index is 686. The fraction of sp³-hybridized carbons (Fsp3) is 0.111. The molecule has 1 unspecified atom stereocenters. The monoisotopic (exact) mass is 326 g/mol. The second-order valence-electron chi connectivity index (χ2n) is 4.84. The molecule has 0 aliphatic heterocycles. The maximum atomic E-state index is 9.84. The summed E-state index contributed by atoms with van der Waals surface area (Å²) in [5, 5.41) is -0.315. The third-order valence-corrected chi connectivity index (χ3v) is 3.32. The number of carbonyl (C=O) groups excluding carboxylic acids is 1. The summed E-state index contributed by atoms with van der Waals surface area (Å²) in [4.78, 5) is 14.1. The zero-order valence-corrected chi connectivity index (χ0v) is 13.6. The number of hydrogen-bond donors (Lipinski definition) is 2. The van der Waals surface area contributed by atoms with E-state index in [0.29, 0.717) is 0 Å². The van der Waals surface area contributed by atoms with E-state index in [4.69, 9.17) is 10.2 Å². The average Bonchev–Trinajstić information content (AvgIpc) is 3.06. The van der Waals surface area contributed by atoms with Gasteiger partial charge in [0.1, 0.15) is 5.69 Å². The minimum atomic E-state index is -0.377. The molecule has 4 nitrogen and oxygen atoms in total. The second kappa shape index (κ2) is 8.19. The van der Waals surface area contributed by atoms with Gasteiger partial charge in [-0.05, 0) is 6.92 Å². The van der Waals surface area contributed by atoms with Crippen molar-refractivity contribution in [3.8, 4) is 22.6 Å². The van der Waals surface area contributed by atoms with E-state index in [1.54, 1.807) is 6.92 Å². The SMILES string of the molecule is CC(S)C(N)=O.c1ccc(-c2ncoc2-c2ccccc2)cc1. The number of rotatable bonds is 3. The molecular formula is C18H18N2O2S. The molecule has 3 aromatic rings. The zero-order chi connectivity index (χ0) is 16.7. The van der Waals surface area contributed by atoms with Crippen molar-refractivity contribution in [2.45, 2.75) is 12.2 Å². The highest BCUT2D eigenvalue weighted by atomic mass is 32.1. The van der Waals surface area contributed by atoms with Gasteiger partial charge in [-0.15, -0.1) is 0 Å². The van der Waals surface area contributed by atoms with Gasteiger partial charge in [-0.25, -0.2) is 4.98 Å². The largest absolute Gasteiger partial charge is 0.443 e. The fourth-order valence-electron chi connectivity index (χ4n) is 1.84. The van der Waals surface area contributed by atoms with Crippen LogP contribution in [-0.4, -0.2) is 16.1 Å². The standard InChI is InChI=1S/C15H11NO.C3H7NOS/c1-3-7-12(8-4-1)14-15(17-11-16-14)13-9-5-2-6-10-13;1-2(6)3(4)5/h1-11H;2,6H,1H3,(H2,4,5). The summed E-state index contributed by atoms with van der Waals surface area (Å²) in [6.07, 6.45) is 1.49. The van der Waals surface area contributed by atoms with Gasteiger partial charge in [0.15, 0.2) is 12.2 Å². The van der Waals surface area contributed by atoms with E-state index in [2.05, 4.69) is 17.6 Å². The van der Waals surface area contributed by atoms with Crippen molar-refractivity contribution < 1.29 is 9.21 Å². The van der Waals surface area contributed by atoms with Crippen LogP contribution in [0.3, 0.4) is 0 Å². The van der Waals surface area contributed by atoms with Crippen molar-refractivity contribution in [3.05, 3.63) is 67.1 Å². The van der Waals surface area contributed by atoms with Crippen molar-refractivity contribution in [1.82, 2.24) is 4.98 Å². The first-order valence-electron chi connectivity index (χ1n) is 7.11. The molecule has 1 amide bonds. The summed E-state index contributed by atoms with van der Waals surface area (Å²) in [6.45, 7) is 1.63. The van der Waals surface area contributed by atoms with Crippen LogP contribution >= 0.6 is 12.6 Å². The van der Waals surface area contributed by atoms with Crippen LogP contribution in [0.5, 0.6) is 0 Å². The van der Waals surface area contributed by atoms with Crippen LogP contribution in [0.4, 0.5) is 0 Å². The molecule has 118 valence electrons.